The Kier molecular flexibility index (Phi) is 4.71. The summed E-state index contributed by atoms with van der Waals surface area (Å²) in [6.45, 7) is 0.737. The number of pyridine rings is 1. The summed E-state index contributed by atoms with van der Waals surface area (Å²) in [5.74, 6) is 0. The summed E-state index contributed by atoms with van der Waals surface area (Å²) < 4.78 is 0. The lowest BCUT2D eigenvalue weighted by Crippen LogP contribution is -2.20. The molecule has 0 unspecified atom stereocenters. The summed E-state index contributed by atoms with van der Waals surface area (Å²) in [6, 6.07) is 10.8. The molecule has 0 radical (unpaired) electrons. The maximum atomic E-state index is 11.0. The van der Waals surface area contributed by atoms with E-state index in [1.165, 1.54) is 6.07 Å². The second kappa shape index (κ2) is 6.69. The first-order valence-electron chi connectivity index (χ1n) is 6.68. The van der Waals surface area contributed by atoms with E-state index in [2.05, 4.69) is 10.3 Å². The maximum Gasteiger partial charge on any atom is 0.273 e. The lowest BCUT2D eigenvalue weighted by molar-refractivity contribution is -0.384. The third kappa shape index (κ3) is 3.92. The Bertz CT molecular complexity index is 616. The van der Waals surface area contributed by atoms with Crippen molar-refractivity contribution >= 4 is 17.1 Å². The quantitative estimate of drug-likeness (QED) is 0.653. The van der Waals surface area contributed by atoms with Crippen LogP contribution in [-0.2, 0) is 6.42 Å². The average molecular weight is 286 g/mol. The van der Waals surface area contributed by atoms with Gasteiger partial charge in [0.25, 0.3) is 5.69 Å². The molecule has 1 N–H and O–H groups in total. The molecule has 1 aromatic heterocycles. The number of hydrogen-bond acceptors (Lipinski definition) is 5. The molecule has 6 nitrogen and oxygen atoms in total. The zero-order valence-electron chi connectivity index (χ0n) is 12.1. The summed E-state index contributed by atoms with van der Waals surface area (Å²) in [6.07, 6.45) is 2.55. The molecule has 1 aromatic carbocycles. The topological polar surface area (TPSA) is 71.3 Å². The summed E-state index contributed by atoms with van der Waals surface area (Å²) >= 11 is 0. The summed E-state index contributed by atoms with van der Waals surface area (Å²) in [4.78, 5) is 16.9. The zero-order valence-corrected chi connectivity index (χ0v) is 12.1. The molecule has 21 heavy (non-hydrogen) atoms. The molecule has 6 heteroatoms. The number of benzene rings is 1. The predicted molar refractivity (Wildman–Crippen MR) is 83.9 cm³/mol. The van der Waals surface area contributed by atoms with E-state index in [4.69, 9.17) is 0 Å². The SMILES string of the molecule is CNc1cc(N(C)CCc2ccccn2)cc([N+](=O)[O-])c1. The van der Waals surface area contributed by atoms with Crippen LogP contribution in [0.1, 0.15) is 5.69 Å². The van der Waals surface area contributed by atoms with Crippen LogP contribution in [0.5, 0.6) is 0 Å². The lowest BCUT2D eigenvalue weighted by atomic mass is 10.2. The van der Waals surface area contributed by atoms with Gasteiger partial charge in [0.1, 0.15) is 0 Å². The minimum Gasteiger partial charge on any atom is -0.388 e. The molecule has 2 rings (SSSR count). The first-order valence-corrected chi connectivity index (χ1v) is 6.68. The van der Waals surface area contributed by atoms with E-state index in [9.17, 15) is 10.1 Å². The van der Waals surface area contributed by atoms with E-state index in [-0.39, 0.29) is 10.6 Å². The third-order valence-electron chi connectivity index (χ3n) is 3.27. The Labute approximate surface area is 123 Å². The number of nitrogens with zero attached hydrogens (tertiary/aromatic N) is 3. The minimum absolute atomic E-state index is 0.0848. The Morgan fingerprint density at radius 3 is 2.76 bits per heavy atom. The summed E-state index contributed by atoms with van der Waals surface area (Å²) in [5, 5.41) is 13.9. The number of nitrogens with one attached hydrogen (secondary N) is 1. The van der Waals surface area contributed by atoms with Crippen molar-refractivity contribution in [1.82, 2.24) is 4.98 Å². The third-order valence-corrected chi connectivity index (χ3v) is 3.27. The van der Waals surface area contributed by atoms with E-state index in [1.807, 2.05) is 36.2 Å². The highest BCUT2D eigenvalue weighted by molar-refractivity contribution is 5.64. The standard InChI is InChI=1S/C15H18N4O2/c1-16-13-9-14(11-15(10-13)19(20)21)18(2)8-6-12-5-3-4-7-17-12/h3-5,7,9-11,16H,6,8H2,1-2H3. The van der Waals surface area contributed by atoms with Gasteiger partial charge < -0.3 is 10.2 Å². The number of likely N-dealkylation sites (N-methyl/N-ethyl adjacent to an activating group) is 1. The number of nitro benzene ring substituents is 1. The predicted octanol–water partition coefficient (Wildman–Crippen LogP) is 2.71. The first kappa shape index (κ1) is 14.8. The molecule has 0 bridgehead atoms. The first-order chi connectivity index (χ1) is 10.1. The van der Waals surface area contributed by atoms with Crippen molar-refractivity contribution < 1.29 is 4.92 Å². The van der Waals surface area contributed by atoms with Crippen LogP contribution < -0.4 is 10.2 Å². The van der Waals surface area contributed by atoms with Gasteiger partial charge in [-0.15, -0.1) is 0 Å². The second-order valence-electron chi connectivity index (χ2n) is 4.74. The number of nitro groups is 1. The molecular weight excluding hydrogens is 268 g/mol. The van der Waals surface area contributed by atoms with Gasteiger partial charge in [-0.3, -0.25) is 15.1 Å². The van der Waals surface area contributed by atoms with Crippen molar-refractivity contribution in [3.8, 4) is 0 Å². The summed E-state index contributed by atoms with van der Waals surface area (Å²) in [7, 11) is 3.66. The number of rotatable bonds is 6. The molecule has 0 aliphatic carbocycles. The fourth-order valence-electron chi connectivity index (χ4n) is 2.02. The maximum absolute atomic E-state index is 11.0. The molecule has 0 saturated carbocycles. The van der Waals surface area contributed by atoms with Crippen LogP contribution >= 0.6 is 0 Å². The number of hydrogen-bond donors (Lipinski definition) is 1. The molecule has 0 atom stereocenters. The van der Waals surface area contributed by atoms with E-state index in [0.29, 0.717) is 0 Å². The van der Waals surface area contributed by atoms with Crippen molar-refractivity contribution in [2.45, 2.75) is 6.42 Å². The lowest BCUT2D eigenvalue weighted by Gasteiger charge is -2.19. The highest BCUT2D eigenvalue weighted by Gasteiger charge is 2.12. The molecule has 0 fully saturated rings. The minimum atomic E-state index is -0.378. The van der Waals surface area contributed by atoms with E-state index in [0.717, 1.165) is 30.0 Å². The zero-order chi connectivity index (χ0) is 15.2. The highest BCUT2D eigenvalue weighted by atomic mass is 16.6. The van der Waals surface area contributed by atoms with Gasteiger partial charge in [-0.1, -0.05) is 6.07 Å². The molecule has 0 aliphatic heterocycles. The molecule has 0 aliphatic rings. The van der Waals surface area contributed by atoms with Gasteiger partial charge in [-0.05, 0) is 18.2 Å². The van der Waals surface area contributed by atoms with E-state index >= 15 is 0 Å². The van der Waals surface area contributed by atoms with Crippen molar-refractivity contribution in [2.75, 3.05) is 30.9 Å². The Morgan fingerprint density at radius 2 is 2.14 bits per heavy atom. The largest absolute Gasteiger partial charge is 0.388 e. The van der Waals surface area contributed by atoms with Crippen LogP contribution in [0.3, 0.4) is 0 Å². The van der Waals surface area contributed by atoms with Crippen LogP contribution in [0.2, 0.25) is 0 Å². The molecule has 0 amide bonds. The molecular formula is C15H18N4O2. The van der Waals surface area contributed by atoms with Crippen LogP contribution in [0, 0.1) is 10.1 Å². The monoisotopic (exact) mass is 286 g/mol. The normalized spacial score (nSPS) is 10.2. The van der Waals surface area contributed by atoms with Crippen LogP contribution in [0.15, 0.2) is 42.6 Å². The van der Waals surface area contributed by atoms with Gasteiger partial charge in [-0.2, -0.15) is 0 Å². The van der Waals surface area contributed by atoms with Crippen LogP contribution in [0.4, 0.5) is 17.1 Å². The van der Waals surface area contributed by atoms with Gasteiger partial charge in [0.2, 0.25) is 0 Å². The van der Waals surface area contributed by atoms with Crippen LogP contribution in [0.25, 0.3) is 0 Å². The van der Waals surface area contributed by atoms with Crippen molar-refractivity contribution in [3.05, 3.63) is 58.4 Å². The fourth-order valence-corrected chi connectivity index (χ4v) is 2.02. The highest BCUT2D eigenvalue weighted by Crippen LogP contribution is 2.26. The number of non-ortho nitro benzene ring substituents is 1. The van der Waals surface area contributed by atoms with Gasteiger partial charge in [0.15, 0.2) is 0 Å². The Hall–Kier alpha value is -2.63. The second-order valence-corrected chi connectivity index (χ2v) is 4.74. The smallest absolute Gasteiger partial charge is 0.273 e. The molecule has 1 heterocycles. The number of anilines is 2. The van der Waals surface area contributed by atoms with Gasteiger partial charge in [0.05, 0.1) is 4.92 Å². The molecule has 110 valence electrons. The van der Waals surface area contributed by atoms with Crippen LogP contribution in [-0.4, -0.2) is 30.5 Å². The average Bonchev–Trinajstić information content (AvgIpc) is 2.53. The molecule has 0 spiro atoms. The Balaban J connectivity index is 2.12. The number of aromatic nitrogens is 1. The van der Waals surface area contributed by atoms with Crippen molar-refractivity contribution in [1.29, 1.82) is 0 Å². The Morgan fingerprint density at radius 1 is 1.33 bits per heavy atom. The van der Waals surface area contributed by atoms with Gasteiger partial charge >= 0.3 is 0 Å². The summed E-state index contributed by atoms with van der Waals surface area (Å²) in [5.41, 5.74) is 2.62. The van der Waals surface area contributed by atoms with Crippen molar-refractivity contribution in [3.63, 3.8) is 0 Å². The molecule has 2 aromatic rings. The van der Waals surface area contributed by atoms with Gasteiger partial charge in [-0.25, -0.2) is 0 Å². The molecule has 0 saturated heterocycles. The van der Waals surface area contributed by atoms with Crippen molar-refractivity contribution in [2.24, 2.45) is 0 Å². The van der Waals surface area contributed by atoms with E-state index < -0.39 is 0 Å². The van der Waals surface area contributed by atoms with E-state index in [1.54, 1.807) is 19.3 Å². The fraction of sp³-hybridized carbons (Fsp3) is 0.267. The van der Waals surface area contributed by atoms with Gasteiger partial charge in [0, 0.05) is 62.5 Å².